The fourth-order valence-electron chi connectivity index (χ4n) is 2.94. The van der Waals surface area contributed by atoms with Crippen LogP contribution in [0, 0.1) is 5.92 Å². The van der Waals surface area contributed by atoms with Crippen LogP contribution in [-0.2, 0) is 9.53 Å². The minimum absolute atomic E-state index is 0.0518. The third kappa shape index (κ3) is 2.13. The molecule has 3 atom stereocenters. The number of benzene rings is 1. The van der Waals surface area contributed by atoms with E-state index >= 15 is 0 Å². The molecule has 2 aliphatic rings. The first-order valence-corrected chi connectivity index (χ1v) is 8.52. The molecule has 0 radical (unpaired) electrons. The second-order valence-corrected chi connectivity index (χ2v) is 7.75. The molecule has 108 valence electrons. The summed E-state index contributed by atoms with van der Waals surface area (Å²) in [7, 11) is 0. The van der Waals surface area contributed by atoms with E-state index in [1.54, 1.807) is 0 Å². The van der Waals surface area contributed by atoms with Crippen LogP contribution in [0.3, 0.4) is 0 Å². The van der Waals surface area contributed by atoms with Gasteiger partial charge in [-0.25, -0.2) is 0 Å². The number of ether oxygens (including phenoxy) is 1. The molecule has 0 aliphatic carbocycles. The van der Waals surface area contributed by atoms with Crippen molar-refractivity contribution in [3.8, 4) is 0 Å². The zero-order valence-electron chi connectivity index (χ0n) is 10.7. The second kappa shape index (κ2) is 4.90. The molecule has 0 amide bonds. The van der Waals surface area contributed by atoms with Crippen molar-refractivity contribution in [2.45, 2.75) is 16.2 Å². The molecular weight excluding hydrogens is 330 g/mol. The van der Waals surface area contributed by atoms with E-state index in [4.69, 9.17) is 16.3 Å². The molecule has 1 aromatic carbocycles. The first-order valence-electron chi connectivity index (χ1n) is 6.45. The summed E-state index contributed by atoms with van der Waals surface area (Å²) >= 11 is 8.66. The summed E-state index contributed by atoms with van der Waals surface area (Å²) in [6.07, 6.45) is 0. The van der Waals surface area contributed by atoms with Gasteiger partial charge in [-0.3, -0.25) is 9.59 Å². The van der Waals surface area contributed by atoms with Crippen LogP contribution < -0.4 is 4.87 Å². The molecule has 4 nitrogen and oxygen atoms in total. The number of thiazole rings is 1. The number of aromatic nitrogens is 1. The van der Waals surface area contributed by atoms with Crippen molar-refractivity contribution < 1.29 is 9.53 Å². The summed E-state index contributed by atoms with van der Waals surface area (Å²) < 4.78 is 5.23. The van der Waals surface area contributed by atoms with E-state index in [-0.39, 0.29) is 27.9 Å². The van der Waals surface area contributed by atoms with Gasteiger partial charge in [0.15, 0.2) is 0 Å². The number of hydrogen-bond acceptors (Lipinski definition) is 5. The number of nitrogens with one attached hydrogen (secondary N) is 1. The van der Waals surface area contributed by atoms with Gasteiger partial charge in [-0.1, -0.05) is 46.8 Å². The topological polar surface area (TPSA) is 59.2 Å². The summed E-state index contributed by atoms with van der Waals surface area (Å²) in [5.74, 6) is -0.559. The van der Waals surface area contributed by atoms with Crippen LogP contribution in [0.15, 0.2) is 34.1 Å². The Balaban J connectivity index is 1.89. The van der Waals surface area contributed by atoms with Crippen molar-refractivity contribution in [3.63, 3.8) is 0 Å². The van der Waals surface area contributed by atoms with E-state index in [2.05, 4.69) is 4.98 Å². The van der Waals surface area contributed by atoms with Crippen molar-refractivity contribution in [2.24, 2.45) is 5.92 Å². The number of H-pyrrole nitrogens is 1. The minimum Gasteiger partial charge on any atom is -0.464 e. The molecule has 1 N–H and O–H groups in total. The molecule has 1 aromatic heterocycles. The minimum atomic E-state index is -0.241. The van der Waals surface area contributed by atoms with Gasteiger partial charge >= 0.3 is 10.8 Å². The average Bonchev–Trinajstić information content (AvgIpc) is 3.00. The number of halogens is 1. The van der Waals surface area contributed by atoms with Gasteiger partial charge in [0.25, 0.3) is 0 Å². The Hall–Kier alpha value is -1.24. The van der Waals surface area contributed by atoms with Crippen LogP contribution in [0.1, 0.15) is 16.4 Å². The number of fused-ring (bicyclic) bond motifs is 2. The van der Waals surface area contributed by atoms with Crippen molar-refractivity contribution in [2.75, 3.05) is 6.61 Å². The zero-order valence-corrected chi connectivity index (χ0v) is 13.1. The third-order valence-electron chi connectivity index (χ3n) is 3.84. The van der Waals surface area contributed by atoms with Crippen LogP contribution in [0.2, 0.25) is 5.02 Å². The Morgan fingerprint density at radius 2 is 2.00 bits per heavy atom. The molecule has 0 spiro atoms. The van der Waals surface area contributed by atoms with Crippen LogP contribution in [0.5, 0.6) is 0 Å². The van der Waals surface area contributed by atoms with E-state index in [1.807, 2.05) is 24.3 Å². The fourth-order valence-corrected chi connectivity index (χ4v) is 5.55. The monoisotopic (exact) mass is 339 g/mol. The Morgan fingerprint density at radius 3 is 2.76 bits per heavy atom. The number of aromatic amines is 1. The SMILES string of the molecule is O=C1OC[C@H]2Sc3[nH]c(=O)sc3[C@@H](c3ccc(Cl)cc3)[C@@H]12. The van der Waals surface area contributed by atoms with Crippen molar-refractivity contribution in [1.29, 1.82) is 0 Å². The lowest BCUT2D eigenvalue weighted by Crippen LogP contribution is -2.29. The molecule has 1 fully saturated rings. The molecule has 21 heavy (non-hydrogen) atoms. The molecule has 2 aromatic rings. The average molecular weight is 340 g/mol. The molecule has 0 bridgehead atoms. The van der Waals surface area contributed by atoms with Gasteiger partial charge in [0, 0.05) is 15.8 Å². The first-order chi connectivity index (χ1) is 10.1. The van der Waals surface area contributed by atoms with Gasteiger partial charge in [-0.05, 0) is 17.7 Å². The predicted molar refractivity (Wildman–Crippen MR) is 82.3 cm³/mol. The van der Waals surface area contributed by atoms with Crippen molar-refractivity contribution in [3.05, 3.63) is 49.4 Å². The van der Waals surface area contributed by atoms with Gasteiger partial charge in [-0.2, -0.15) is 0 Å². The van der Waals surface area contributed by atoms with Crippen LogP contribution >= 0.6 is 34.7 Å². The molecule has 7 heteroatoms. The van der Waals surface area contributed by atoms with Gasteiger partial charge in [-0.15, -0.1) is 0 Å². The van der Waals surface area contributed by atoms with E-state index in [0.29, 0.717) is 11.6 Å². The number of carbonyl (C=O) groups is 1. The first kappa shape index (κ1) is 13.4. The normalized spacial score (nSPS) is 27.1. The third-order valence-corrected chi connectivity index (χ3v) is 6.48. The molecule has 2 aliphatic heterocycles. The summed E-state index contributed by atoms with van der Waals surface area (Å²) in [6.45, 7) is 0.398. The summed E-state index contributed by atoms with van der Waals surface area (Å²) in [4.78, 5) is 27.5. The molecule has 1 saturated heterocycles. The highest BCUT2D eigenvalue weighted by Crippen LogP contribution is 2.51. The van der Waals surface area contributed by atoms with Gasteiger partial charge < -0.3 is 9.72 Å². The summed E-state index contributed by atoms with van der Waals surface area (Å²) in [6, 6.07) is 7.45. The van der Waals surface area contributed by atoms with Crippen LogP contribution in [-0.4, -0.2) is 22.8 Å². The molecule has 0 unspecified atom stereocenters. The lowest BCUT2D eigenvalue weighted by atomic mass is 9.83. The Labute approximate surface area is 133 Å². The van der Waals surface area contributed by atoms with Crippen molar-refractivity contribution >= 4 is 40.7 Å². The highest BCUT2D eigenvalue weighted by molar-refractivity contribution is 8.00. The lowest BCUT2D eigenvalue weighted by molar-refractivity contribution is -0.141. The number of esters is 1. The smallest absolute Gasteiger partial charge is 0.311 e. The van der Waals surface area contributed by atoms with Crippen LogP contribution in [0.25, 0.3) is 0 Å². The van der Waals surface area contributed by atoms with Crippen molar-refractivity contribution in [1.82, 2.24) is 4.98 Å². The Kier molecular flexibility index (Phi) is 3.13. The highest BCUT2D eigenvalue weighted by atomic mass is 35.5. The largest absolute Gasteiger partial charge is 0.464 e. The molecular formula is C14H10ClNO3S2. The van der Waals surface area contributed by atoms with E-state index in [0.717, 1.165) is 15.5 Å². The van der Waals surface area contributed by atoms with Gasteiger partial charge in [0.1, 0.15) is 6.61 Å². The number of thioether (sulfide) groups is 1. The maximum absolute atomic E-state index is 12.1. The highest BCUT2D eigenvalue weighted by Gasteiger charge is 2.49. The number of hydrogen-bond donors (Lipinski definition) is 1. The van der Waals surface area contributed by atoms with E-state index < -0.39 is 0 Å². The molecule has 0 saturated carbocycles. The number of carbonyl (C=O) groups excluding carboxylic acids is 1. The van der Waals surface area contributed by atoms with Gasteiger partial charge in [0.05, 0.1) is 16.2 Å². The predicted octanol–water partition coefficient (Wildman–Crippen LogP) is 2.87. The maximum Gasteiger partial charge on any atom is 0.311 e. The fraction of sp³-hybridized carbons (Fsp3) is 0.286. The zero-order chi connectivity index (χ0) is 14.6. The number of rotatable bonds is 1. The summed E-state index contributed by atoms with van der Waals surface area (Å²) in [5, 5.41) is 1.57. The quantitative estimate of drug-likeness (QED) is 0.812. The van der Waals surface area contributed by atoms with Gasteiger partial charge in [0.2, 0.25) is 0 Å². The lowest BCUT2D eigenvalue weighted by Gasteiger charge is -2.29. The van der Waals surface area contributed by atoms with Crippen LogP contribution in [0.4, 0.5) is 0 Å². The second-order valence-electron chi connectivity index (χ2n) is 5.05. The standard InChI is InChI=1S/C14H10ClNO3S2/c15-7-3-1-6(2-4-7)9-10-8(5-19-13(10)17)20-12-11(9)21-14(18)16-12/h1-4,8-10H,5H2,(H,16,18)/t8-,9+,10+/m1/s1. The summed E-state index contributed by atoms with van der Waals surface area (Å²) in [5.41, 5.74) is 0.991. The van der Waals surface area contributed by atoms with E-state index in [9.17, 15) is 9.59 Å². The molecule has 3 heterocycles. The Morgan fingerprint density at radius 1 is 1.24 bits per heavy atom. The van der Waals surface area contributed by atoms with E-state index in [1.165, 1.54) is 23.1 Å². The number of cyclic esters (lactones) is 1. The maximum atomic E-state index is 12.1. The molecule has 4 rings (SSSR count). The Bertz CT molecular complexity index is 767.